The predicted octanol–water partition coefficient (Wildman–Crippen LogP) is 0.258. The fraction of sp³-hybridized carbons (Fsp3) is 0.450. The Hall–Kier alpha value is -2.43. The highest BCUT2D eigenvalue weighted by Crippen LogP contribution is 2.45. The monoisotopic (exact) mass is 406 g/mol. The van der Waals surface area contributed by atoms with Gasteiger partial charge in [0.05, 0.1) is 24.7 Å². The molecule has 2 aliphatic heterocycles. The minimum atomic E-state index is -1.56. The van der Waals surface area contributed by atoms with Crippen LogP contribution in [0.25, 0.3) is 10.8 Å². The van der Waals surface area contributed by atoms with Gasteiger partial charge < -0.3 is 39.4 Å². The van der Waals surface area contributed by atoms with E-state index in [9.17, 15) is 25.2 Å². The molecule has 4 N–H and O–H groups in total. The zero-order chi connectivity index (χ0) is 20.9. The predicted molar refractivity (Wildman–Crippen MR) is 98.7 cm³/mol. The number of methoxy groups -OCH3 is 1. The van der Waals surface area contributed by atoms with Gasteiger partial charge in [0.15, 0.2) is 0 Å². The molecule has 0 saturated carbocycles. The van der Waals surface area contributed by atoms with Crippen LogP contribution in [0.4, 0.5) is 0 Å². The van der Waals surface area contributed by atoms with Gasteiger partial charge in [0.25, 0.3) is 0 Å². The topological polar surface area (TPSA) is 135 Å². The first-order chi connectivity index (χ1) is 13.9. The highest BCUT2D eigenvalue weighted by Gasteiger charge is 2.45. The van der Waals surface area contributed by atoms with E-state index < -0.39 is 49.4 Å². The zero-order valence-corrected chi connectivity index (χ0v) is 15.8. The average Bonchev–Trinajstić information content (AvgIpc) is 3.00. The minimum absolute atomic E-state index is 0.276. The first-order valence-electron chi connectivity index (χ1n) is 9.19. The summed E-state index contributed by atoms with van der Waals surface area (Å²) < 4.78 is 22.1. The van der Waals surface area contributed by atoms with Crippen molar-refractivity contribution in [3.05, 3.63) is 35.4 Å². The highest BCUT2D eigenvalue weighted by atomic mass is 16.7. The van der Waals surface area contributed by atoms with E-state index in [0.29, 0.717) is 27.6 Å². The van der Waals surface area contributed by atoms with Crippen molar-refractivity contribution in [3.63, 3.8) is 0 Å². The van der Waals surface area contributed by atoms with Gasteiger partial charge in [0.1, 0.15) is 42.0 Å². The molecule has 2 aromatic rings. The van der Waals surface area contributed by atoms with Gasteiger partial charge >= 0.3 is 5.97 Å². The lowest BCUT2D eigenvalue weighted by Gasteiger charge is -2.39. The number of aliphatic hydroxyl groups is 4. The third kappa shape index (κ3) is 3.11. The van der Waals surface area contributed by atoms with Crippen molar-refractivity contribution >= 4 is 16.7 Å². The van der Waals surface area contributed by atoms with Crippen LogP contribution in [0.15, 0.2) is 24.3 Å². The van der Waals surface area contributed by atoms with Crippen LogP contribution in [0.1, 0.15) is 28.9 Å². The van der Waals surface area contributed by atoms with Crippen LogP contribution in [0, 0.1) is 0 Å². The molecule has 1 fully saturated rings. The first kappa shape index (κ1) is 19.9. The molecule has 2 aliphatic rings. The van der Waals surface area contributed by atoms with Crippen molar-refractivity contribution in [1.82, 2.24) is 0 Å². The molecule has 4 rings (SSSR count). The molecule has 2 aromatic carbocycles. The number of rotatable bonds is 4. The summed E-state index contributed by atoms with van der Waals surface area (Å²) >= 11 is 0. The molecule has 1 unspecified atom stereocenters. The maximum atomic E-state index is 12.1. The van der Waals surface area contributed by atoms with Gasteiger partial charge in [-0.1, -0.05) is 12.1 Å². The number of hydrogen-bond acceptors (Lipinski definition) is 9. The van der Waals surface area contributed by atoms with Crippen LogP contribution in [0.2, 0.25) is 0 Å². The fourth-order valence-electron chi connectivity index (χ4n) is 3.86. The third-order valence-electron chi connectivity index (χ3n) is 5.33. The summed E-state index contributed by atoms with van der Waals surface area (Å²) in [6.45, 7) is 1.17. The van der Waals surface area contributed by atoms with Gasteiger partial charge in [-0.25, -0.2) is 4.79 Å². The van der Waals surface area contributed by atoms with Gasteiger partial charge in [-0.2, -0.15) is 0 Å². The number of hydrogen-bond donors (Lipinski definition) is 4. The van der Waals surface area contributed by atoms with Crippen molar-refractivity contribution in [1.29, 1.82) is 0 Å². The Balaban J connectivity index is 1.79. The summed E-state index contributed by atoms with van der Waals surface area (Å²) in [4.78, 5) is 12.1. The lowest BCUT2D eigenvalue weighted by Crippen LogP contribution is -2.60. The summed E-state index contributed by atoms with van der Waals surface area (Å²) in [6, 6.07) is 6.77. The molecule has 6 atom stereocenters. The molecule has 9 nitrogen and oxygen atoms in total. The Morgan fingerprint density at radius 3 is 2.59 bits per heavy atom. The van der Waals surface area contributed by atoms with Crippen LogP contribution in [0.5, 0.6) is 11.5 Å². The van der Waals surface area contributed by atoms with E-state index in [1.807, 2.05) is 0 Å². The third-order valence-corrected chi connectivity index (χ3v) is 5.33. The van der Waals surface area contributed by atoms with E-state index in [1.165, 1.54) is 7.11 Å². The molecule has 0 radical (unpaired) electrons. The number of carbonyl (C=O) groups excluding carboxylic acids is 1. The zero-order valence-electron chi connectivity index (χ0n) is 15.8. The van der Waals surface area contributed by atoms with Crippen molar-refractivity contribution in [3.8, 4) is 11.5 Å². The molecule has 1 saturated heterocycles. The summed E-state index contributed by atoms with van der Waals surface area (Å²) in [5, 5.41) is 40.8. The molecule has 9 heteroatoms. The molecular weight excluding hydrogens is 384 g/mol. The van der Waals surface area contributed by atoms with Crippen LogP contribution in [0.3, 0.4) is 0 Å². The van der Waals surface area contributed by atoms with E-state index in [-0.39, 0.29) is 5.75 Å². The number of esters is 1. The van der Waals surface area contributed by atoms with Gasteiger partial charge in [0.2, 0.25) is 6.29 Å². The minimum Gasteiger partial charge on any atom is -0.496 e. The van der Waals surface area contributed by atoms with Crippen LogP contribution in [-0.4, -0.2) is 70.8 Å². The van der Waals surface area contributed by atoms with Crippen LogP contribution >= 0.6 is 0 Å². The molecular formula is C20H22O9. The molecule has 0 amide bonds. The van der Waals surface area contributed by atoms with Crippen LogP contribution in [-0.2, 0) is 9.47 Å². The Morgan fingerprint density at radius 1 is 1.14 bits per heavy atom. The summed E-state index contributed by atoms with van der Waals surface area (Å²) in [6.07, 6.45) is -7.53. The maximum Gasteiger partial charge on any atom is 0.339 e. The lowest BCUT2D eigenvalue weighted by atomic mass is 9.97. The maximum absolute atomic E-state index is 12.1. The smallest absolute Gasteiger partial charge is 0.339 e. The number of ether oxygens (including phenoxy) is 4. The quantitative estimate of drug-likeness (QED) is 0.527. The molecule has 29 heavy (non-hydrogen) atoms. The van der Waals surface area contributed by atoms with E-state index in [0.717, 1.165) is 0 Å². The standard InChI is InChI=1S/C20H22O9/c1-8-13-10(19(25)27-8)6-9-4-3-5-11(14(9)18(13)26-2)28-20-17(24)16(23)15(22)12(7-21)29-20/h3-6,8,12,15-17,20-24H,7H2,1-2H3/t8?,12-,15-,16-,17-,20-/m1/s1. The van der Waals surface area contributed by atoms with Gasteiger partial charge in [-0.15, -0.1) is 0 Å². The summed E-state index contributed by atoms with van der Waals surface area (Å²) in [7, 11) is 1.47. The Bertz CT molecular complexity index is 941. The van der Waals surface area contributed by atoms with Gasteiger partial charge in [-0.05, 0) is 24.4 Å². The molecule has 156 valence electrons. The summed E-state index contributed by atoms with van der Waals surface area (Å²) in [5.41, 5.74) is 1.00. The number of carbonyl (C=O) groups is 1. The lowest BCUT2D eigenvalue weighted by molar-refractivity contribution is -0.277. The molecule has 0 aromatic heterocycles. The summed E-state index contributed by atoms with van der Waals surface area (Å²) in [5.74, 6) is 0.238. The SMILES string of the molecule is COc1c2c(cc3cccc(O[C@@H]4O[C@H](CO)[C@@H](O)[C@@H](O)[C@H]4O)c13)C(=O)OC2C. The fourth-order valence-corrected chi connectivity index (χ4v) is 3.86. The Labute approximate surface area is 166 Å². The van der Waals surface area contributed by atoms with Gasteiger partial charge in [-0.3, -0.25) is 0 Å². The molecule has 0 bridgehead atoms. The largest absolute Gasteiger partial charge is 0.496 e. The second kappa shape index (κ2) is 7.43. The molecule has 2 heterocycles. The Kier molecular flexibility index (Phi) is 5.09. The van der Waals surface area contributed by atoms with E-state index in [1.54, 1.807) is 31.2 Å². The van der Waals surface area contributed by atoms with E-state index in [2.05, 4.69) is 0 Å². The second-order valence-electron chi connectivity index (χ2n) is 7.09. The highest BCUT2D eigenvalue weighted by molar-refractivity contribution is 6.04. The van der Waals surface area contributed by atoms with E-state index >= 15 is 0 Å². The average molecular weight is 406 g/mol. The van der Waals surface area contributed by atoms with Gasteiger partial charge in [0, 0.05) is 5.56 Å². The second-order valence-corrected chi connectivity index (χ2v) is 7.09. The number of fused-ring (bicyclic) bond motifs is 2. The number of aliphatic hydroxyl groups excluding tert-OH is 4. The number of benzene rings is 2. The Morgan fingerprint density at radius 2 is 1.90 bits per heavy atom. The molecule has 0 spiro atoms. The van der Waals surface area contributed by atoms with Crippen LogP contribution < -0.4 is 9.47 Å². The normalized spacial score (nSPS) is 31.4. The van der Waals surface area contributed by atoms with Crippen molar-refractivity contribution < 1.29 is 44.2 Å². The van der Waals surface area contributed by atoms with Crippen molar-refractivity contribution in [2.24, 2.45) is 0 Å². The first-order valence-corrected chi connectivity index (χ1v) is 9.19. The number of cyclic esters (lactones) is 1. The molecule has 0 aliphatic carbocycles. The van der Waals surface area contributed by atoms with E-state index in [4.69, 9.17) is 18.9 Å². The van der Waals surface area contributed by atoms with Crippen molar-refractivity contribution in [2.75, 3.05) is 13.7 Å². The van der Waals surface area contributed by atoms with Crippen molar-refractivity contribution in [2.45, 2.75) is 43.7 Å².